The van der Waals surface area contributed by atoms with Gasteiger partial charge in [0.2, 0.25) is 5.95 Å². The maximum atomic E-state index is 4.29. The first-order valence-corrected chi connectivity index (χ1v) is 5.63. The van der Waals surface area contributed by atoms with Crippen LogP contribution in [0.3, 0.4) is 0 Å². The fourth-order valence-electron chi connectivity index (χ4n) is 1.50. The maximum Gasteiger partial charge on any atom is 0.230 e. The van der Waals surface area contributed by atoms with Gasteiger partial charge in [-0.2, -0.15) is 10.1 Å². The van der Waals surface area contributed by atoms with Crippen LogP contribution in [-0.2, 0) is 6.54 Å². The van der Waals surface area contributed by atoms with Crippen molar-refractivity contribution in [2.75, 3.05) is 17.7 Å². The second-order valence-electron chi connectivity index (χ2n) is 3.58. The van der Waals surface area contributed by atoms with Gasteiger partial charge in [-0.15, -0.1) is 0 Å². The number of hydrogen-bond donors (Lipinski definition) is 2. The van der Waals surface area contributed by atoms with E-state index in [2.05, 4.69) is 32.6 Å². The Morgan fingerprint density at radius 1 is 1.29 bits per heavy atom. The lowest BCUT2D eigenvalue weighted by Crippen LogP contribution is -2.06. The van der Waals surface area contributed by atoms with Gasteiger partial charge in [0, 0.05) is 25.9 Å². The third-order valence-corrected chi connectivity index (χ3v) is 2.30. The molecular weight excluding hydrogens is 216 g/mol. The number of rotatable bonds is 5. The lowest BCUT2D eigenvalue weighted by molar-refractivity contribution is 0.609. The molecule has 0 saturated heterocycles. The number of aryl methyl sites for hydroxylation is 1. The highest BCUT2D eigenvalue weighted by Crippen LogP contribution is 2.13. The second kappa shape index (κ2) is 5.29. The molecule has 2 rings (SSSR count). The molecule has 0 unspecified atom stereocenters. The van der Waals surface area contributed by atoms with Gasteiger partial charge in [-0.25, -0.2) is 9.67 Å². The van der Waals surface area contributed by atoms with E-state index in [1.165, 1.54) is 0 Å². The largest absolute Gasteiger partial charge is 0.373 e. The first-order chi connectivity index (χ1) is 8.33. The molecule has 0 radical (unpaired) electrons. The van der Waals surface area contributed by atoms with E-state index in [1.54, 1.807) is 12.4 Å². The normalized spacial score (nSPS) is 10.2. The summed E-state index contributed by atoms with van der Waals surface area (Å²) in [7, 11) is 1.83. The van der Waals surface area contributed by atoms with Gasteiger partial charge in [-0.05, 0) is 12.5 Å². The molecule has 6 heteroatoms. The molecule has 2 heterocycles. The van der Waals surface area contributed by atoms with Crippen LogP contribution in [0.4, 0.5) is 17.6 Å². The number of nitrogens with one attached hydrogen (secondary N) is 2. The van der Waals surface area contributed by atoms with Gasteiger partial charge < -0.3 is 10.6 Å². The average molecular weight is 232 g/mol. The van der Waals surface area contributed by atoms with Crippen molar-refractivity contribution in [2.45, 2.75) is 19.9 Å². The van der Waals surface area contributed by atoms with Crippen LogP contribution in [-0.4, -0.2) is 26.8 Å². The summed E-state index contributed by atoms with van der Waals surface area (Å²) >= 11 is 0. The summed E-state index contributed by atoms with van der Waals surface area (Å²) in [6, 6.07) is 3.72. The summed E-state index contributed by atoms with van der Waals surface area (Å²) in [5.74, 6) is 2.25. The van der Waals surface area contributed by atoms with Crippen molar-refractivity contribution in [3.05, 3.63) is 24.5 Å². The summed E-state index contributed by atoms with van der Waals surface area (Å²) in [6.07, 6.45) is 4.51. The topological polar surface area (TPSA) is 67.7 Å². The zero-order valence-corrected chi connectivity index (χ0v) is 10.0. The Balaban J connectivity index is 2.16. The van der Waals surface area contributed by atoms with Crippen molar-refractivity contribution in [3.8, 4) is 0 Å². The standard InChI is InChI=1S/C11H16N6/c1-3-8-17-10(5-7-14-17)16-11-13-6-4-9(12-2)15-11/h4-7H,3,8H2,1-2H3,(H2,12,13,15,16). The van der Waals surface area contributed by atoms with Crippen LogP contribution < -0.4 is 10.6 Å². The fourth-order valence-corrected chi connectivity index (χ4v) is 1.50. The second-order valence-corrected chi connectivity index (χ2v) is 3.58. The van der Waals surface area contributed by atoms with Crippen molar-refractivity contribution in [3.63, 3.8) is 0 Å². The quantitative estimate of drug-likeness (QED) is 0.823. The van der Waals surface area contributed by atoms with E-state index in [4.69, 9.17) is 0 Å². The van der Waals surface area contributed by atoms with Gasteiger partial charge >= 0.3 is 0 Å². The lowest BCUT2D eigenvalue weighted by Gasteiger charge is -2.08. The Morgan fingerprint density at radius 3 is 2.94 bits per heavy atom. The van der Waals surface area contributed by atoms with Crippen LogP contribution in [0.2, 0.25) is 0 Å². The first kappa shape index (κ1) is 11.4. The first-order valence-electron chi connectivity index (χ1n) is 5.63. The Bertz CT molecular complexity index is 478. The Labute approximate surface area is 100 Å². The highest BCUT2D eigenvalue weighted by Gasteiger charge is 2.03. The van der Waals surface area contributed by atoms with Crippen molar-refractivity contribution in [1.82, 2.24) is 19.7 Å². The fraction of sp³-hybridized carbons (Fsp3) is 0.364. The third-order valence-electron chi connectivity index (χ3n) is 2.30. The van der Waals surface area contributed by atoms with Crippen LogP contribution in [0.25, 0.3) is 0 Å². The van der Waals surface area contributed by atoms with Crippen LogP contribution in [0.15, 0.2) is 24.5 Å². The molecule has 90 valence electrons. The van der Waals surface area contributed by atoms with Crippen LogP contribution in [0, 0.1) is 0 Å². The molecule has 0 aromatic carbocycles. The predicted octanol–water partition coefficient (Wildman–Crippen LogP) is 1.87. The lowest BCUT2D eigenvalue weighted by atomic mass is 10.5. The molecule has 2 aromatic rings. The molecule has 0 bridgehead atoms. The minimum atomic E-state index is 0.565. The third kappa shape index (κ3) is 2.72. The summed E-state index contributed by atoms with van der Waals surface area (Å²) in [5.41, 5.74) is 0. The van der Waals surface area contributed by atoms with Gasteiger partial charge in [-0.1, -0.05) is 6.92 Å². The Hall–Kier alpha value is -2.11. The minimum absolute atomic E-state index is 0.565. The van der Waals surface area contributed by atoms with Gasteiger partial charge in [-0.3, -0.25) is 0 Å². The van der Waals surface area contributed by atoms with Crippen LogP contribution >= 0.6 is 0 Å². The molecule has 0 amide bonds. The van der Waals surface area contributed by atoms with E-state index >= 15 is 0 Å². The van der Waals surface area contributed by atoms with E-state index in [1.807, 2.05) is 23.9 Å². The molecular formula is C11H16N6. The van der Waals surface area contributed by atoms with Crippen molar-refractivity contribution < 1.29 is 0 Å². The molecule has 0 atom stereocenters. The van der Waals surface area contributed by atoms with E-state index in [0.717, 1.165) is 24.6 Å². The number of hydrogen-bond acceptors (Lipinski definition) is 5. The molecule has 17 heavy (non-hydrogen) atoms. The summed E-state index contributed by atoms with van der Waals surface area (Å²) in [5, 5.41) is 10.4. The van der Waals surface area contributed by atoms with E-state index in [-0.39, 0.29) is 0 Å². The van der Waals surface area contributed by atoms with Crippen molar-refractivity contribution in [2.24, 2.45) is 0 Å². The highest BCUT2D eigenvalue weighted by atomic mass is 15.3. The predicted molar refractivity (Wildman–Crippen MR) is 67.4 cm³/mol. The molecule has 2 aromatic heterocycles. The van der Waals surface area contributed by atoms with E-state index < -0.39 is 0 Å². The van der Waals surface area contributed by atoms with Crippen LogP contribution in [0.5, 0.6) is 0 Å². The number of anilines is 3. The minimum Gasteiger partial charge on any atom is -0.373 e. The summed E-state index contributed by atoms with van der Waals surface area (Å²) in [4.78, 5) is 8.45. The monoisotopic (exact) mass is 232 g/mol. The number of nitrogens with zero attached hydrogens (tertiary/aromatic N) is 4. The maximum absolute atomic E-state index is 4.29. The zero-order chi connectivity index (χ0) is 12.1. The summed E-state index contributed by atoms with van der Waals surface area (Å²) in [6.45, 7) is 2.99. The van der Waals surface area contributed by atoms with Gasteiger partial charge in [0.25, 0.3) is 0 Å². The molecule has 6 nitrogen and oxygen atoms in total. The molecule has 0 aliphatic heterocycles. The van der Waals surface area contributed by atoms with Crippen LogP contribution in [0.1, 0.15) is 13.3 Å². The van der Waals surface area contributed by atoms with Gasteiger partial charge in [0.05, 0.1) is 6.20 Å². The molecule has 0 fully saturated rings. The Morgan fingerprint density at radius 2 is 2.18 bits per heavy atom. The van der Waals surface area contributed by atoms with Crippen molar-refractivity contribution >= 4 is 17.6 Å². The van der Waals surface area contributed by atoms with Gasteiger partial charge in [0.15, 0.2) is 0 Å². The summed E-state index contributed by atoms with van der Waals surface area (Å²) < 4.78 is 1.90. The zero-order valence-electron chi connectivity index (χ0n) is 10.0. The number of aromatic nitrogens is 4. The molecule has 2 N–H and O–H groups in total. The molecule has 0 saturated carbocycles. The highest BCUT2D eigenvalue weighted by molar-refractivity contribution is 5.50. The van der Waals surface area contributed by atoms with E-state index in [0.29, 0.717) is 5.95 Å². The van der Waals surface area contributed by atoms with Crippen molar-refractivity contribution in [1.29, 1.82) is 0 Å². The smallest absolute Gasteiger partial charge is 0.230 e. The van der Waals surface area contributed by atoms with E-state index in [9.17, 15) is 0 Å². The molecule has 0 spiro atoms. The average Bonchev–Trinajstić information content (AvgIpc) is 2.78. The molecule has 0 aliphatic rings. The van der Waals surface area contributed by atoms with Gasteiger partial charge in [0.1, 0.15) is 11.6 Å². The Kier molecular flexibility index (Phi) is 3.54. The molecule has 0 aliphatic carbocycles. The SMILES string of the molecule is CCCn1nccc1Nc1nccc(NC)n1.